The SMILES string of the molecule is CCN(CC)C(c1ccccc1)C(O)N1CCCC1c1ncc(-c2ccc3c(c2)OC(c2ccccc2)n2c-3cc3cc(-c4cnc(C5CCCN5)[nH]4)ccc32)[nH]1. The summed E-state index contributed by atoms with van der Waals surface area (Å²) < 4.78 is 9.30. The van der Waals surface area contributed by atoms with Crippen LogP contribution in [0.4, 0.5) is 0 Å². The van der Waals surface area contributed by atoms with Crippen LogP contribution in [0.3, 0.4) is 0 Å². The maximum absolute atomic E-state index is 12.1. The molecular weight excluding hydrogens is 709 g/mol. The van der Waals surface area contributed by atoms with Crippen molar-refractivity contribution in [2.45, 2.75) is 70.1 Å². The summed E-state index contributed by atoms with van der Waals surface area (Å²) in [6.45, 7) is 7.90. The minimum Gasteiger partial charge on any atom is -0.465 e. The maximum Gasteiger partial charge on any atom is 0.203 e. The molecule has 10 heteroatoms. The highest BCUT2D eigenvalue weighted by molar-refractivity contribution is 5.92. The average molecular weight is 759 g/mol. The number of imidazole rings is 2. The van der Waals surface area contributed by atoms with Crippen LogP contribution < -0.4 is 10.1 Å². The lowest BCUT2D eigenvalue weighted by Gasteiger charge is -2.39. The lowest BCUT2D eigenvalue weighted by atomic mass is 10.0. The number of nitrogens with zero attached hydrogens (tertiary/aromatic N) is 5. The summed E-state index contributed by atoms with van der Waals surface area (Å²) in [7, 11) is 0. The van der Waals surface area contributed by atoms with E-state index in [1.54, 1.807) is 0 Å². The maximum atomic E-state index is 12.1. The minimum absolute atomic E-state index is 0.0137. The number of aliphatic hydroxyl groups is 1. The molecule has 4 N–H and O–H groups in total. The van der Waals surface area contributed by atoms with Gasteiger partial charge in [0.1, 0.15) is 23.6 Å². The number of hydrogen-bond donors (Lipinski definition) is 4. The van der Waals surface area contributed by atoms with E-state index >= 15 is 0 Å². The predicted molar refractivity (Wildman–Crippen MR) is 225 cm³/mol. The molecule has 5 unspecified atom stereocenters. The van der Waals surface area contributed by atoms with E-state index < -0.39 is 6.23 Å². The third kappa shape index (κ3) is 6.46. The number of nitrogens with one attached hydrogen (secondary N) is 3. The fourth-order valence-corrected chi connectivity index (χ4v) is 9.52. The fourth-order valence-electron chi connectivity index (χ4n) is 9.52. The molecular formula is C47H50N8O2. The minimum atomic E-state index is -0.672. The second kappa shape index (κ2) is 15.1. The van der Waals surface area contributed by atoms with Gasteiger partial charge in [-0.25, -0.2) is 9.97 Å². The summed E-state index contributed by atoms with van der Waals surface area (Å²) in [5.74, 6) is 2.72. The first kappa shape index (κ1) is 35.9. The van der Waals surface area contributed by atoms with Crippen molar-refractivity contribution in [1.29, 1.82) is 0 Å². The van der Waals surface area contributed by atoms with Gasteiger partial charge in [0.2, 0.25) is 6.23 Å². The molecule has 0 amide bonds. The van der Waals surface area contributed by atoms with Crippen molar-refractivity contribution in [3.63, 3.8) is 0 Å². The standard InChI is InChI=1S/C47H50N8O2/c1-3-53(4-2)43(30-13-7-5-8-14-30)46(56)54-24-12-18-40(54)45-50-29-38(52-45)33-19-21-35-41-26-34-25-32(37-28-49-44(51-37)36-17-11-23-48-36)20-22-39(34)55(41)47(57-42(35)27-33)31-15-9-6-10-16-31/h5-10,13-16,19-22,25-29,36,40,43,46-48,56H,3-4,11-12,17-18,23-24H2,1-2H3,(H,49,51)(H,50,52). The molecule has 0 spiro atoms. The van der Waals surface area contributed by atoms with E-state index in [1.807, 2.05) is 24.5 Å². The first-order valence-electron chi connectivity index (χ1n) is 20.7. The Morgan fingerprint density at radius 1 is 0.807 bits per heavy atom. The molecule has 10 nitrogen and oxygen atoms in total. The third-order valence-corrected chi connectivity index (χ3v) is 12.4. The van der Waals surface area contributed by atoms with Crippen LogP contribution in [-0.2, 0) is 0 Å². The van der Waals surface area contributed by atoms with Crippen molar-refractivity contribution >= 4 is 10.9 Å². The summed E-state index contributed by atoms with van der Waals surface area (Å²) in [4.78, 5) is 21.5. The molecule has 6 heterocycles. The molecule has 3 aliphatic rings. The summed E-state index contributed by atoms with van der Waals surface area (Å²) in [5.41, 5.74) is 9.58. The predicted octanol–water partition coefficient (Wildman–Crippen LogP) is 8.99. The van der Waals surface area contributed by atoms with Gasteiger partial charge in [-0.15, -0.1) is 0 Å². The normalized spacial score (nSPS) is 20.5. The summed E-state index contributed by atoms with van der Waals surface area (Å²) in [6.07, 6.45) is 7.10. The molecule has 3 aromatic heterocycles. The first-order chi connectivity index (χ1) is 28.1. The number of benzene rings is 4. The molecule has 7 aromatic rings. The van der Waals surface area contributed by atoms with E-state index in [4.69, 9.17) is 14.7 Å². The molecule has 0 radical (unpaired) electrons. The zero-order chi connectivity index (χ0) is 38.5. The molecule has 2 fully saturated rings. The molecule has 5 atom stereocenters. The Labute approximate surface area is 333 Å². The quantitative estimate of drug-likeness (QED) is 0.104. The Kier molecular flexibility index (Phi) is 9.50. The van der Waals surface area contributed by atoms with E-state index in [9.17, 15) is 5.11 Å². The van der Waals surface area contributed by atoms with E-state index in [1.165, 1.54) is 6.42 Å². The lowest BCUT2D eigenvalue weighted by molar-refractivity contribution is -0.0694. The Morgan fingerprint density at radius 3 is 2.28 bits per heavy atom. The number of ether oxygens (including phenoxy) is 1. The summed E-state index contributed by atoms with van der Waals surface area (Å²) >= 11 is 0. The van der Waals surface area contributed by atoms with Crippen LogP contribution in [0.2, 0.25) is 0 Å². The number of likely N-dealkylation sites (N-methyl/N-ethyl adjacent to an activating group) is 1. The van der Waals surface area contributed by atoms with Crippen LogP contribution in [0.15, 0.2) is 116 Å². The molecule has 10 rings (SSSR count). The Morgan fingerprint density at radius 2 is 1.53 bits per heavy atom. The van der Waals surface area contributed by atoms with E-state index in [0.717, 1.165) is 119 Å². The topological polar surface area (TPSA) is 110 Å². The summed E-state index contributed by atoms with van der Waals surface area (Å²) in [6, 6.07) is 36.4. The van der Waals surface area contributed by atoms with Crippen LogP contribution in [0.1, 0.15) is 86.7 Å². The number of fused-ring (bicyclic) bond motifs is 5. The Balaban J connectivity index is 0.970. The van der Waals surface area contributed by atoms with E-state index in [-0.39, 0.29) is 18.3 Å². The van der Waals surface area contributed by atoms with Gasteiger partial charge >= 0.3 is 0 Å². The third-order valence-electron chi connectivity index (χ3n) is 12.4. The van der Waals surface area contributed by atoms with Gasteiger partial charge in [-0.3, -0.25) is 9.80 Å². The van der Waals surface area contributed by atoms with Crippen LogP contribution in [-0.4, -0.2) is 71.8 Å². The van der Waals surface area contributed by atoms with Crippen molar-refractivity contribution < 1.29 is 9.84 Å². The van der Waals surface area contributed by atoms with Crippen LogP contribution in [0.25, 0.3) is 44.7 Å². The Hall–Kier alpha value is -5.52. The van der Waals surface area contributed by atoms with Gasteiger partial charge in [0, 0.05) is 34.2 Å². The first-order valence-corrected chi connectivity index (χ1v) is 20.7. The van der Waals surface area contributed by atoms with Crippen molar-refractivity contribution in [3.05, 3.63) is 138 Å². The monoisotopic (exact) mass is 758 g/mol. The number of aromatic nitrogens is 5. The largest absolute Gasteiger partial charge is 0.465 e. The number of rotatable bonds is 11. The van der Waals surface area contributed by atoms with Crippen LogP contribution >= 0.6 is 0 Å². The average Bonchev–Trinajstić information content (AvgIpc) is 4.12. The van der Waals surface area contributed by atoms with Crippen LogP contribution in [0, 0.1) is 0 Å². The van der Waals surface area contributed by atoms with Gasteiger partial charge in [-0.2, -0.15) is 0 Å². The number of aliphatic hydroxyl groups excluding tert-OH is 1. The number of hydrogen-bond acceptors (Lipinski definition) is 7. The fraction of sp³-hybridized carbons (Fsp3) is 0.319. The molecule has 0 aliphatic carbocycles. The van der Waals surface area contributed by atoms with Gasteiger partial charge in [0.15, 0.2) is 0 Å². The second-order valence-electron chi connectivity index (χ2n) is 15.7. The molecule has 2 saturated heterocycles. The Bertz CT molecular complexity index is 2480. The smallest absolute Gasteiger partial charge is 0.203 e. The van der Waals surface area contributed by atoms with Gasteiger partial charge in [0.05, 0.1) is 53.1 Å². The van der Waals surface area contributed by atoms with Gasteiger partial charge < -0.3 is 29.7 Å². The van der Waals surface area contributed by atoms with Crippen molar-refractivity contribution in [2.75, 3.05) is 26.2 Å². The highest BCUT2D eigenvalue weighted by Crippen LogP contribution is 2.46. The zero-order valence-corrected chi connectivity index (χ0v) is 32.6. The number of aromatic amines is 2. The molecule has 0 saturated carbocycles. The van der Waals surface area contributed by atoms with Crippen molar-refractivity contribution in [2.24, 2.45) is 0 Å². The molecule has 290 valence electrons. The van der Waals surface area contributed by atoms with E-state index in [2.05, 4.69) is 134 Å². The number of likely N-dealkylation sites (tertiary alicyclic amines) is 1. The highest BCUT2D eigenvalue weighted by Gasteiger charge is 2.39. The molecule has 4 aromatic carbocycles. The molecule has 3 aliphatic heterocycles. The van der Waals surface area contributed by atoms with Crippen LogP contribution in [0.5, 0.6) is 5.75 Å². The molecule has 57 heavy (non-hydrogen) atoms. The lowest BCUT2D eigenvalue weighted by Crippen LogP contribution is -2.46. The van der Waals surface area contributed by atoms with Crippen molar-refractivity contribution in [3.8, 4) is 39.5 Å². The number of H-pyrrole nitrogens is 2. The summed E-state index contributed by atoms with van der Waals surface area (Å²) in [5, 5.41) is 16.8. The molecule has 0 bridgehead atoms. The zero-order valence-electron chi connectivity index (χ0n) is 32.6. The van der Waals surface area contributed by atoms with Gasteiger partial charge in [-0.05, 0) is 81.2 Å². The second-order valence-corrected chi connectivity index (χ2v) is 15.7. The highest BCUT2D eigenvalue weighted by atomic mass is 16.5. The van der Waals surface area contributed by atoms with Gasteiger partial charge in [-0.1, -0.05) is 86.6 Å². The van der Waals surface area contributed by atoms with E-state index in [0.29, 0.717) is 6.04 Å². The van der Waals surface area contributed by atoms with Crippen molar-refractivity contribution in [1.82, 2.24) is 39.6 Å². The van der Waals surface area contributed by atoms with Gasteiger partial charge in [0.25, 0.3) is 0 Å².